The van der Waals surface area contributed by atoms with Gasteiger partial charge in [-0.3, -0.25) is 14.5 Å². The molecule has 4 heterocycles. The Morgan fingerprint density at radius 1 is 1.27 bits per heavy atom. The third-order valence-electron chi connectivity index (χ3n) is 7.71. The van der Waals surface area contributed by atoms with Crippen molar-refractivity contribution in [3.05, 3.63) is 46.5 Å². The highest BCUT2D eigenvalue weighted by Crippen LogP contribution is 2.48. The van der Waals surface area contributed by atoms with Gasteiger partial charge >= 0.3 is 6.03 Å². The summed E-state index contributed by atoms with van der Waals surface area (Å²) in [6.07, 6.45) is 5.02. The Hall–Kier alpha value is -3.02. The first kappa shape index (κ1) is 28.5. The number of benzene rings is 1. The van der Waals surface area contributed by atoms with Crippen LogP contribution in [-0.2, 0) is 9.59 Å². The van der Waals surface area contributed by atoms with Gasteiger partial charge in [-0.05, 0) is 78.0 Å². The molecule has 3 unspecified atom stereocenters. The lowest BCUT2D eigenvalue weighted by Gasteiger charge is -2.46. The molecule has 1 aromatic rings. The second-order valence-corrected chi connectivity index (χ2v) is 12.6. The number of carbonyl (C=O) groups is 3. The van der Waals surface area contributed by atoms with Crippen molar-refractivity contribution in [2.45, 2.75) is 57.2 Å². The SMILES string of the molecule is Cc1cc(OC(C)C)ccc1N1C(=O)NC2=C(C(=O)N[C@@H]3CCN(C(=O)/C=C/CN(C)C)C3)SC3NCCC1C23. The van der Waals surface area contributed by atoms with Crippen LogP contribution in [0, 0.1) is 12.8 Å². The molecule has 11 heteroatoms. The normalized spacial score (nSPS) is 26.1. The molecule has 0 spiro atoms. The van der Waals surface area contributed by atoms with Crippen LogP contribution in [0.2, 0.25) is 0 Å². The second-order valence-electron chi connectivity index (χ2n) is 11.4. The van der Waals surface area contributed by atoms with Gasteiger partial charge in [0.25, 0.3) is 5.91 Å². The molecule has 3 N–H and O–H groups in total. The average molecular weight is 569 g/mol. The van der Waals surface area contributed by atoms with E-state index in [0.717, 1.165) is 30.0 Å². The maximum atomic E-state index is 13.5. The summed E-state index contributed by atoms with van der Waals surface area (Å²) in [4.78, 5) is 45.8. The molecule has 1 aromatic carbocycles. The first-order chi connectivity index (χ1) is 19.1. The summed E-state index contributed by atoms with van der Waals surface area (Å²) in [5.41, 5.74) is 2.54. The highest BCUT2D eigenvalue weighted by Gasteiger charge is 2.52. The number of piperidine rings is 1. The minimum absolute atomic E-state index is 0.00458. The summed E-state index contributed by atoms with van der Waals surface area (Å²) in [7, 11) is 3.91. The zero-order valence-electron chi connectivity index (χ0n) is 23.9. The smallest absolute Gasteiger partial charge is 0.326 e. The Morgan fingerprint density at radius 3 is 2.80 bits per heavy atom. The fourth-order valence-electron chi connectivity index (χ4n) is 5.94. The number of rotatable bonds is 8. The van der Waals surface area contributed by atoms with Crippen molar-refractivity contribution in [1.29, 1.82) is 0 Å². The van der Waals surface area contributed by atoms with Gasteiger partial charge in [0.2, 0.25) is 5.91 Å². The lowest BCUT2D eigenvalue weighted by molar-refractivity contribution is -0.125. The number of likely N-dealkylation sites (tertiary alicyclic amines) is 1. The lowest BCUT2D eigenvalue weighted by Crippen LogP contribution is -2.62. The first-order valence-electron chi connectivity index (χ1n) is 14.0. The number of aryl methyl sites for hydroxylation is 1. The molecule has 0 radical (unpaired) electrons. The minimum atomic E-state index is -0.215. The van der Waals surface area contributed by atoms with Gasteiger partial charge in [-0.15, -0.1) is 0 Å². The molecule has 10 nitrogen and oxygen atoms in total. The van der Waals surface area contributed by atoms with E-state index in [2.05, 4.69) is 16.0 Å². The molecule has 0 aliphatic carbocycles. The number of likely N-dealkylation sites (N-methyl/N-ethyl adjacent to an activating group) is 1. The summed E-state index contributed by atoms with van der Waals surface area (Å²) < 4.78 is 5.84. The Morgan fingerprint density at radius 2 is 2.08 bits per heavy atom. The predicted octanol–water partition coefficient (Wildman–Crippen LogP) is 2.41. The second kappa shape index (κ2) is 11.8. The van der Waals surface area contributed by atoms with Crippen LogP contribution in [0.4, 0.5) is 10.5 Å². The van der Waals surface area contributed by atoms with Crippen LogP contribution in [0.15, 0.2) is 41.0 Å². The quantitative estimate of drug-likeness (QED) is 0.414. The van der Waals surface area contributed by atoms with E-state index in [4.69, 9.17) is 4.74 Å². The molecule has 3 fully saturated rings. The Bertz CT molecular complexity index is 1230. The van der Waals surface area contributed by atoms with Crippen molar-refractivity contribution in [3.8, 4) is 5.75 Å². The maximum Gasteiger partial charge on any atom is 0.326 e. The van der Waals surface area contributed by atoms with Gasteiger partial charge in [-0.2, -0.15) is 0 Å². The fourth-order valence-corrected chi connectivity index (χ4v) is 7.34. The van der Waals surface area contributed by atoms with Crippen molar-refractivity contribution in [2.24, 2.45) is 5.92 Å². The summed E-state index contributed by atoms with van der Waals surface area (Å²) >= 11 is 1.49. The van der Waals surface area contributed by atoms with Crippen LogP contribution in [-0.4, -0.2) is 91.5 Å². The largest absolute Gasteiger partial charge is 0.491 e. The number of thioether (sulfide) groups is 1. The molecule has 40 heavy (non-hydrogen) atoms. The molecule has 0 bridgehead atoms. The van der Waals surface area contributed by atoms with Gasteiger partial charge in [0.15, 0.2) is 0 Å². The summed E-state index contributed by atoms with van der Waals surface area (Å²) in [6.45, 7) is 8.52. The first-order valence-corrected chi connectivity index (χ1v) is 14.9. The number of urea groups is 1. The van der Waals surface area contributed by atoms with Crippen LogP contribution < -0.4 is 25.6 Å². The third-order valence-corrected chi connectivity index (χ3v) is 9.07. The zero-order chi connectivity index (χ0) is 28.6. The van der Waals surface area contributed by atoms with E-state index < -0.39 is 0 Å². The van der Waals surface area contributed by atoms with Gasteiger partial charge in [0.05, 0.1) is 22.4 Å². The molecule has 0 saturated carbocycles. The number of ether oxygens (including phenoxy) is 1. The third kappa shape index (κ3) is 5.87. The van der Waals surface area contributed by atoms with E-state index in [1.54, 1.807) is 11.0 Å². The van der Waals surface area contributed by atoms with Crippen molar-refractivity contribution in [2.75, 3.05) is 45.2 Å². The van der Waals surface area contributed by atoms with Gasteiger partial charge < -0.3 is 30.5 Å². The monoisotopic (exact) mass is 568 g/mol. The van der Waals surface area contributed by atoms with Gasteiger partial charge in [0, 0.05) is 49.1 Å². The van der Waals surface area contributed by atoms with E-state index in [9.17, 15) is 14.4 Å². The molecule has 4 aliphatic rings. The van der Waals surface area contributed by atoms with Crippen molar-refractivity contribution < 1.29 is 19.1 Å². The number of hydrogen-bond donors (Lipinski definition) is 3. The number of hydrogen-bond acceptors (Lipinski definition) is 7. The molecule has 3 saturated heterocycles. The van der Waals surface area contributed by atoms with Gasteiger partial charge in [-0.25, -0.2) is 4.79 Å². The van der Waals surface area contributed by atoms with E-state index in [1.807, 2.05) is 68.9 Å². The number of nitrogens with zero attached hydrogens (tertiary/aromatic N) is 3. The number of anilines is 1. The molecule has 4 atom stereocenters. The minimum Gasteiger partial charge on any atom is -0.491 e. The number of carbonyl (C=O) groups excluding carboxylic acids is 3. The zero-order valence-corrected chi connectivity index (χ0v) is 24.7. The highest BCUT2D eigenvalue weighted by molar-refractivity contribution is 8.04. The summed E-state index contributed by atoms with van der Waals surface area (Å²) in [5, 5.41) is 9.77. The highest BCUT2D eigenvalue weighted by atomic mass is 32.2. The molecular formula is C29H40N6O4S. The fraction of sp³-hybridized carbons (Fsp3) is 0.552. The molecule has 4 amide bonds. The Kier molecular flexibility index (Phi) is 8.44. The summed E-state index contributed by atoms with van der Waals surface area (Å²) in [6, 6.07) is 5.45. The van der Waals surface area contributed by atoms with E-state index in [1.165, 1.54) is 11.8 Å². The van der Waals surface area contributed by atoms with Crippen molar-refractivity contribution in [3.63, 3.8) is 0 Å². The Labute approximate surface area is 240 Å². The molecule has 5 rings (SSSR count). The van der Waals surface area contributed by atoms with E-state index in [-0.39, 0.29) is 47.3 Å². The van der Waals surface area contributed by atoms with E-state index in [0.29, 0.717) is 36.7 Å². The number of nitrogens with one attached hydrogen (secondary N) is 3. The van der Waals surface area contributed by atoms with Crippen molar-refractivity contribution in [1.82, 2.24) is 25.8 Å². The maximum absolute atomic E-state index is 13.5. The molecular weight excluding hydrogens is 528 g/mol. The molecule has 216 valence electrons. The topological polar surface area (TPSA) is 106 Å². The summed E-state index contributed by atoms with van der Waals surface area (Å²) in [5.74, 6) is 0.543. The Balaban J connectivity index is 1.29. The van der Waals surface area contributed by atoms with Crippen LogP contribution in [0.3, 0.4) is 0 Å². The van der Waals surface area contributed by atoms with Gasteiger partial charge in [-0.1, -0.05) is 17.8 Å². The molecule has 0 aromatic heterocycles. The van der Waals surface area contributed by atoms with E-state index >= 15 is 0 Å². The van der Waals surface area contributed by atoms with Crippen LogP contribution in [0.5, 0.6) is 5.75 Å². The van der Waals surface area contributed by atoms with Crippen molar-refractivity contribution >= 4 is 35.3 Å². The van der Waals surface area contributed by atoms with Crippen LogP contribution in [0.1, 0.15) is 32.3 Å². The standard InChI is InChI=1S/C29H40N6O4S/c1-17(2)39-20-8-9-21(18(3)15-20)35-22-10-12-30-28-24(22)25(32-29(35)38)26(40-28)27(37)31-19-11-14-34(16-19)23(36)7-6-13-33(4)5/h6-9,15,17,19,22,24,28,30H,10-14,16H2,1-5H3,(H,31,37)(H,32,38)/b7-6+/t19-,22?,24?,28?/m1/s1. The number of amides is 4. The van der Waals surface area contributed by atoms with Crippen LogP contribution in [0.25, 0.3) is 0 Å². The average Bonchev–Trinajstić information content (AvgIpc) is 3.50. The van der Waals surface area contributed by atoms with Gasteiger partial charge in [0.1, 0.15) is 5.75 Å². The van der Waals surface area contributed by atoms with Crippen LogP contribution >= 0.6 is 11.8 Å². The predicted molar refractivity (Wildman–Crippen MR) is 157 cm³/mol. The lowest BCUT2D eigenvalue weighted by atomic mass is 9.86. The molecule has 4 aliphatic heterocycles.